The number of hydrogen-bond acceptors (Lipinski definition) is 4. The molecule has 0 saturated carbocycles. The van der Waals surface area contributed by atoms with Crippen molar-refractivity contribution in [2.75, 3.05) is 17.4 Å². The Bertz CT molecular complexity index is 1410. The van der Waals surface area contributed by atoms with Crippen LogP contribution in [0.25, 0.3) is 0 Å². The van der Waals surface area contributed by atoms with Crippen LogP contribution in [0.2, 0.25) is 5.02 Å². The lowest BCUT2D eigenvalue weighted by atomic mass is 10.1. The summed E-state index contributed by atoms with van der Waals surface area (Å²) in [6, 6.07) is 19.6. The number of nitrogens with zero attached hydrogens (tertiary/aromatic N) is 2. The van der Waals surface area contributed by atoms with Crippen molar-refractivity contribution in [1.82, 2.24) is 10.2 Å². The van der Waals surface area contributed by atoms with Crippen LogP contribution in [-0.2, 0) is 26.2 Å². The number of carbonyl (C=O) groups is 2. The van der Waals surface area contributed by atoms with Crippen LogP contribution in [0.4, 0.5) is 5.69 Å². The maximum Gasteiger partial charge on any atom is 0.264 e. The van der Waals surface area contributed by atoms with Gasteiger partial charge in [-0.05, 0) is 73.7 Å². The van der Waals surface area contributed by atoms with Crippen molar-refractivity contribution in [3.05, 3.63) is 94.5 Å². The molecular formula is C30H36ClN3O4S. The predicted octanol–water partition coefficient (Wildman–Crippen LogP) is 5.34. The molecule has 0 spiro atoms. The number of sulfonamides is 1. The van der Waals surface area contributed by atoms with Gasteiger partial charge in [-0.2, -0.15) is 0 Å². The van der Waals surface area contributed by atoms with Crippen LogP contribution >= 0.6 is 11.6 Å². The van der Waals surface area contributed by atoms with E-state index in [4.69, 9.17) is 11.6 Å². The molecule has 7 nitrogen and oxygen atoms in total. The molecule has 0 bridgehead atoms. The fraction of sp³-hybridized carbons (Fsp3) is 0.333. The van der Waals surface area contributed by atoms with E-state index in [0.717, 1.165) is 15.4 Å². The molecule has 3 aromatic rings. The van der Waals surface area contributed by atoms with Gasteiger partial charge in [-0.25, -0.2) is 8.42 Å². The van der Waals surface area contributed by atoms with Gasteiger partial charge in [0.25, 0.3) is 10.0 Å². The maximum absolute atomic E-state index is 14.0. The van der Waals surface area contributed by atoms with Crippen molar-refractivity contribution in [1.29, 1.82) is 0 Å². The molecule has 0 radical (unpaired) electrons. The number of anilines is 1. The first-order valence-electron chi connectivity index (χ1n) is 12.9. The largest absolute Gasteiger partial charge is 0.354 e. The fourth-order valence-electron chi connectivity index (χ4n) is 4.14. The van der Waals surface area contributed by atoms with Crippen LogP contribution in [0.1, 0.15) is 37.5 Å². The number of carbonyl (C=O) groups excluding carboxylic acids is 2. The Labute approximate surface area is 236 Å². The van der Waals surface area contributed by atoms with E-state index in [-0.39, 0.29) is 23.3 Å². The Morgan fingerprint density at radius 1 is 0.897 bits per heavy atom. The lowest BCUT2D eigenvalue weighted by Gasteiger charge is -2.33. The summed E-state index contributed by atoms with van der Waals surface area (Å²) >= 11 is 6.15. The zero-order valence-electron chi connectivity index (χ0n) is 23.0. The average Bonchev–Trinajstić information content (AvgIpc) is 2.90. The van der Waals surface area contributed by atoms with E-state index in [1.54, 1.807) is 50.2 Å². The lowest BCUT2D eigenvalue weighted by Crippen LogP contribution is -2.51. The number of aryl methyl sites for hydroxylation is 2. The van der Waals surface area contributed by atoms with Crippen molar-refractivity contribution in [3.8, 4) is 0 Å². The van der Waals surface area contributed by atoms with E-state index < -0.39 is 28.5 Å². The van der Waals surface area contributed by atoms with Crippen molar-refractivity contribution in [3.63, 3.8) is 0 Å². The molecule has 0 aliphatic rings. The van der Waals surface area contributed by atoms with Gasteiger partial charge in [-0.15, -0.1) is 0 Å². The van der Waals surface area contributed by atoms with Crippen LogP contribution in [-0.4, -0.2) is 44.3 Å². The molecular weight excluding hydrogens is 534 g/mol. The molecule has 9 heteroatoms. The smallest absolute Gasteiger partial charge is 0.264 e. The van der Waals surface area contributed by atoms with Crippen LogP contribution in [0, 0.1) is 19.8 Å². The summed E-state index contributed by atoms with van der Waals surface area (Å²) < 4.78 is 28.8. The number of halogens is 1. The first-order valence-corrected chi connectivity index (χ1v) is 14.7. The van der Waals surface area contributed by atoms with Crippen LogP contribution in [0.15, 0.2) is 77.7 Å². The first-order chi connectivity index (χ1) is 18.4. The molecule has 0 aliphatic carbocycles. The summed E-state index contributed by atoms with van der Waals surface area (Å²) in [7, 11) is -4.12. The Kier molecular flexibility index (Phi) is 10.2. The van der Waals surface area contributed by atoms with Crippen LogP contribution in [0.5, 0.6) is 0 Å². The topological polar surface area (TPSA) is 86.8 Å². The summed E-state index contributed by atoms with van der Waals surface area (Å²) in [5.41, 5.74) is 2.77. The maximum atomic E-state index is 14.0. The quantitative estimate of drug-likeness (QED) is 0.338. The molecule has 0 aliphatic heterocycles. The zero-order chi connectivity index (χ0) is 28.7. The number of rotatable bonds is 11. The molecule has 1 N–H and O–H groups in total. The molecule has 3 rings (SSSR count). The standard InChI is InChI=1S/C30H36ClN3O4S/c1-21(2)18-32-30(36)24(5)33(19-25-12-10-9-11-22(25)3)29(35)20-34(28-16-15-26(31)17-23(28)4)39(37,38)27-13-7-6-8-14-27/h6-17,21,24H,18-20H2,1-5H3,(H,32,36)/t24-/m0/s1. The highest BCUT2D eigenvalue weighted by Gasteiger charge is 2.33. The van der Waals surface area contributed by atoms with Crippen molar-refractivity contribution in [2.45, 2.75) is 52.1 Å². The molecule has 0 saturated heterocycles. The Balaban J connectivity index is 2.04. The summed E-state index contributed by atoms with van der Waals surface area (Å²) in [5, 5.41) is 3.35. The second-order valence-corrected chi connectivity index (χ2v) is 12.3. The summed E-state index contributed by atoms with van der Waals surface area (Å²) in [6.45, 7) is 9.44. The van der Waals surface area contributed by atoms with Gasteiger partial charge in [0.1, 0.15) is 12.6 Å². The van der Waals surface area contributed by atoms with Gasteiger partial charge < -0.3 is 10.2 Å². The minimum absolute atomic E-state index is 0.0559. The van der Waals surface area contributed by atoms with Crippen LogP contribution < -0.4 is 9.62 Å². The lowest BCUT2D eigenvalue weighted by molar-refractivity contribution is -0.139. The molecule has 0 heterocycles. The van der Waals surface area contributed by atoms with Crippen molar-refractivity contribution >= 4 is 39.1 Å². The minimum Gasteiger partial charge on any atom is -0.354 e. The molecule has 0 fully saturated rings. The Morgan fingerprint density at radius 2 is 1.54 bits per heavy atom. The van der Waals surface area contributed by atoms with Gasteiger partial charge in [-0.1, -0.05) is 67.9 Å². The molecule has 1 atom stereocenters. The third-order valence-corrected chi connectivity index (χ3v) is 8.50. The average molecular weight is 570 g/mol. The monoisotopic (exact) mass is 569 g/mol. The first kappa shape index (κ1) is 30.2. The highest BCUT2D eigenvalue weighted by atomic mass is 35.5. The third-order valence-electron chi connectivity index (χ3n) is 6.49. The minimum atomic E-state index is -4.12. The normalized spacial score (nSPS) is 12.2. The molecule has 0 aromatic heterocycles. The Hall–Kier alpha value is -3.36. The second-order valence-electron chi connectivity index (χ2n) is 10.0. The molecule has 3 aromatic carbocycles. The van der Waals surface area contributed by atoms with Gasteiger partial charge in [-0.3, -0.25) is 13.9 Å². The van der Waals surface area contributed by atoms with E-state index in [1.807, 2.05) is 45.0 Å². The Morgan fingerprint density at radius 3 is 2.15 bits per heavy atom. The van der Waals surface area contributed by atoms with Gasteiger partial charge in [0.05, 0.1) is 10.6 Å². The zero-order valence-corrected chi connectivity index (χ0v) is 24.6. The van der Waals surface area contributed by atoms with Gasteiger partial charge in [0.2, 0.25) is 11.8 Å². The van der Waals surface area contributed by atoms with Gasteiger partial charge in [0, 0.05) is 18.1 Å². The van der Waals surface area contributed by atoms with E-state index >= 15 is 0 Å². The van der Waals surface area contributed by atoms with Gasteiger partial charge in [0.15, 0.2) is 0 Å². The second kappa shape index (κ2) is 13.1. The number of nitrogens with one attached hydrogen (secondary N) is 1. The number of amides is 2. The fourth-order valence-corrected chi connectivity index (χ4v) is 5.86. The highest BCUT2D eigenvalue weighted by molar-refractivity contribution is 7.92. The molecule has 39 heavy (non-hydrogen) atoms. The third kappa shape index (κ3) is 7.61. The summed E-state index contributed by atoms with van der Waals surface area (Å²) in [5.74, 6) is -0.564. The van der Waals surface area contributed by atoms with E-state index in [1.165, 1.54) is 17.0 Å². The van der Waals surface area contributed by atoms with Crippen LogP contribution in [0.3, 0.4) is 0 Å². The van der Waals surface area contributed by atoms with Crippen molar-refractivity contribution < 1.29 is 18.0 Å². The van der Waals surface area contributed by atoms with Crippen molar-refractivity contribution in [2.24, 2.45) is 5.92 Å². The summed E-state index contributed by atoms with van der Waals surface area (Å²) in [4.78, 5) is 28.6. The number of benzene rings is 3. The predicted molar refractivity (Wildman–Crippen MR) is 156 cm³/mol. The van der Waals surface area contributed by atoms with E-state index in [9.17, 15) is 18.0 Å². The number of hydrogen-bond donors (Lipinski definition) is 1. The molecule has 2 amide bonds. The molecule has 208 valence electrons. The summed E-state index contributed by atoms with van der Waals surface area (Å²) in [6.07, 6.45) is 0. The highest BCUT2D eigenvalue weighted by Crippen LogP contribution is 2.29. The van der Waals surface area contributed by atoms with Gasteiger partial charge >= 0.3 is 0 Å². The SMILES string of the molecule is Cc1ccccc1CN(C(=O)CN(c1ccc(Cl)cc1C)S(=O)(=O)c1ccccc1)[C@@H](C)C(=O)NCC(C)C. The van der Waals surface area contributed by atoms with E-state index in [2.05, 4.69) is 5.32 Å². The molecule has 0 unspecified atom stereocenters. The van der Waals surface area contributed by atoms with E-state index in [0.29, 0.717) is 22.8 Å².